The Hall–Kier alpha value is -0.393. The van der Waals surface area contributed by atoms with Crippen molar-refractivity contribution in [1.82, 2.24) is 0 Å². The number of unbranched alkanes of at least 4 members (excludes halogenated alkanes) is 2. The molecule has 0 saturated heterocycles. The van der Waals surface area contributed by atoms with Crippen LogP contribution in [-0.4, -0.2) is 27.1 Å². The topological polar surface area (TPSA) is 34.1 Å². The van der Waals surface area contributed by atoms with Crippen molar-refractivity contribution in [2.45, 2.75) is 61.5 Å². The van der Waals surface area contributed by atoms with Gasteiger partial charge in [0.1, 0.15) is 0 Å². The van der Waals surface area contributed by atoms with E-state index in [9.17, 15) is 8.42 Å². The Morgan fingerprint density at radius 2 is 1.74 bits per heavy atom. The smallest absolute Gasteiger partial charge is 0.184 e. The number of benzene rings is 1. The summed E-state index contributed by atoms with van der Waals surface area (Å²) < 4.78 is 25.8. The molecule has 1 unspecified atom stereocenters. The zero-order valence-corrected chi connectivity index (χ0v) is 17.9. The van der Waals surface area contributed by atoms with Crippen LogP contribution in [-0.2, 0) is 9.84 Å². The average Bonchev–Trinajstić information content (AvgIpc) is 2.49. The lowest BCUT2D eigenvalue weighted by Gasteiger charge is -2.16. The van der Waals surface area contributed by atoms with Gasteiger partial charge in [-0.15, -0.1) is 0 Å². The van der Waals surface area contributed by atoms with E-state index in [0.29, 0.717) is 11.3 Å². The summed E-state index contributed by atoms with van der Waals surface area (Å²) in [4.78, 5) is 0.433. The Morgan fingerprint density at radius 3 is 2.30 bits per heavy atom. The summed E-state index contributed by atoms with van der Waals surface area (Å²) in [6.45, 7) is 6.90. The van der Waals surface area contributed by atoms with E-state index in [1.807, 2.05) is 12.1 Å². The van der Waals surface area contributed by atoms with E-state index in [1.54, 1.807) is 24.3 Å². The second-order valence-corrected chi connectivity index (χ2v) is 15.6. The molecule has 1 aromatic carbocycles. The fourth-order valence-corrected chi connectivity index (χ4v) is 5.25. The van der Waals surface area contributed by atoms with Crippen LogP contribution in [0, 0.1) is 0 Å². The highest BCUT2D eigenvalue weighted by atomic mass is 79.9. The highest BCUT2D eigenvalue weighted by molar-refractivity contribution is 9.09. The minimum Gasteiger partial charge on any atom is -0.223 e. The normalized spacial score (nSPS) is 14.3. The van der Waals surface area contributed by atoms with Gasteiger partial charge in [-0.2, -0.15) is 0 Å². The second kappa shape index (κ2) is 9.79. The molecule has 0 N–H and O–H groups in total. The van der Waals surface area contributed by atoms with Crippen LogP contribution < -0.4 is 0 Å². The van der Waals surface area contributed by atoms with Crippen LogP contribution >= 0.6 is 15.9 Å². The van der Waals surface area contributed by atoms with Crippen molar-refractivity contribution < 1.29 is 8.42 Å². The van der Waals surface area contributed by atoms with Crippen molar-refractivity contribution in [1.29, 1.82) is 0 Å². The van der Waals surface area contributed by atoms with Crippen LogP contribution in [0.3, 0.4) is 0 Å². The highest BCUT2D eigenvalue weighted by Crippen LogP contribution is 2.22. The molecular weight excluding hydrogens is 388 g/mol. The molecule has 130 valence electrons. The summed E-state index contributed by atoms with van der Waals surface area (Å²) in [6.07, 6.45) is 7.84. The number of hydrogen-bond donors (Lipinski definition) is 0. The third-order valence-electron chi connectivity index (χ3n) is 3.67. The molecule has 1 rings (SSSR count). The van der Waals surface area contributed by atoms with Gasteiger partial charge in [0.15, 0.2) is 9.84 Å². The van der Waals surface area contributed by atoms with Crippen molar-refractivity contribution in [3.05, 3.63) is 42.5 Å². The molecule has 0 aliphatic heterocycles. The van der Waals surface area contributed by atoms with Crippen molar-refractivity contribution in [2.75, 3.05) is 5.33 Å². The summed E-state index contributed by atoms with van der Waals surface area (Å²) in [7, 11) is -4.48. The maximum absolute atomic E-state index is 12.9. The monoisotopic (exact) mass is 416 g/mol. The van der Waals surface area contributed by atoms with Crippen LogP contribution in [0.4, 0.5) is 0 Å². The summed E-state index contributed by atoms with van der Waals surface area (Å²) in [6, 6.07) is 9.86. The van der Waals surface area contributed by atoms with Gasteiger partial charge < -0.3 is 0 Å². The summed E-state index contributed by atoms with van der Waals surface area (Å²) in [5.74, 6) is 0. The molecule has 1 atom stereocenters. The third-order valence-corrected chi connectivity index (χ3v) is 7.81. The fraction of sp³-hybridized carbons (Fsp3) is 0.556. The molecule has 2 nitrogen and oxygen atoms in total. The van der Waals surface area contributed by atoms with Gasteiger partial charge in [0.25, 0.3) is 0 Å². The first-order valence-electron chi connectivity index (χ1n) is 8.29. The van der Waals surface area contributed by atoms with Gasteiger partial charge in [0.05, 0.1) is 10.1 Å². The van der Waals surface area contributed by atoms with Gasteiger partial charge in [0, 0.05) is 13.4 Å². The predicted molar refractivity (Wildman–Crippen MR) is 107 cm³/mol. The molecule has 23 heavy (non-hydrogen) atoms. The molecule has 0 amide bonds. The number of alkyl halides is 1. The Morgan fingerprint density at radius 1 is 1.09 bits per heavy atom. The Bertz CT molecular complexity index is 577. The maximum Gasteiger partial charge on any atom is 0.184 e. The van der Waals surface area contributed by atoms with E-state index in [1.165, 1.54) is 0 Å². The minimum atomic E-state index is -3.29. The van der Waals surface area contributed by atoms with Crippen molar-refractivity contribution in [2.24, 2.45) is 0 Å². The molecule has 0 saturated carbocycles. The van der Waals surface area contributed by atoms with Gasteiger partial charge in [-0.1, -0.05) is 78.8 Å². The van der Waals surface area contributed by atoms with Gasteiger partial charge in [0.2, 0.25) is 0 Å². The van der Waals surface area contributed by atoms with E-state index in [4.69, 9.17) is 0 Å². The zero-order valence-electron chi connectivity index (χ0n) is 14.5. The highest BCUT2D eigenvalue weighted by Gasteiger charge is 2.24. The van der Waals surface area contributed by atoms with Crippen LogP contribution in [0.15, 0.2) is 47.4 Å². The number of halogens is 1. The zero-order chi connectivity index (χ0) is 17.3. The molecule has 0 bridgehead atoms. The van der Waals surface area contributed by atoms with Crippen LogP contribution in [0.1, 0.15) is 25.7 Å². The standard InChI is InChI=1S/C18H29BrO2SSi/c1-23(2,3)16-10-14-18(13-8-5-9-15-19)22(20,21)17-11-6-4-7-12-17/h4,6-7,10-12,14,18H,5,8-9,13,15-16H2,1-3H3/b14-10+. The fourth-order valence-electron chi connectivity index (χ4n) is 2.33. The van der Waals surface area contributed by atoms with Crippen molar-refractivity contribution >= 4 is 33.8 Å². The Labute approximate surface area is 151 Å². The lowest BCUT2D eigenvalue weighted by atomic mass is 10.1. The van der Waals surface area contributed by atoms with E-state index in [2.05, 4.69) is 41.6 Å². The Kier molecular flexibility index (Phi) is 8.79. The molecule has 0 radical (unpaired) electrons. The summed E-state index contributed by atoms with van der Waals surface area (Å²) in [5, 5.41) is 0.575. The van der Waals surface area contributed by atoms with E-state index < -0.39 is 23.2 Å². The summed E-state index contributed by atoms with van der Waals surface area (Å²) in [5.41, 5.74) is 0. The van der Waals surface area contributed by atoms with Crippen molar-refractivity contribution in [3.63, 3.8) is 0 Å². The number of hydrogen-bond acceptors (Lipinski definition) is 2. The minimum absolute atomic E-state index is 0.406. The molecule has 0 aliphatic carbocycles. The third kappa shape index (κ3) is 7.81. The SMILES string of the molecule is C[Si](C)(C)C/C=C/C(CCCCCBr)S(=O)(=O)c1ccccc1. The second-order valence-electron chi connectivity index (χ2n) is 7.13. The average molecular weight is 417 g/mol. The van der Waals surface area contributed by atoms with Crippen molar-refractivity contribution in [3.8, 4) is 0 Å². The first-order valence-corrected chi connectivity index (χ1v) is 14.7. The molecule has 0 aliphatic rings. The number of sulfone groups is 1. The molecule has 0 spiro atoms. The summed E-state index contributed by atoms with van der Waals surface area (Å²) >= 11 is 3.43. The van der Waals surface area contributed by atoms with E-state index in [-0.39, 0.29) is 0 Å². The van der Waals surface area contributed by atoms with Crippen LogP contribution in [0.25, 0.3) is 0 Å². The lowest BCUT2D eigenvalue weighted by Crippen LogP contribution is -2.21. The van der Waals surface area contributed by atoms with Gasteiger partial charge >= 0.3 is 0 Å². The predicted octanol–water partition coefficient (Wildman–Crippen LogP) is 5.68. The van der Waals surface area contributed by atoms with Crippen LogP contribution in [0.5, 0.6) is 0 Å². The molecule has 0 fully saturated rings. The maximum atomic E-state index is 12.9. The van der Waals surface area contributed by atoms with E-state index >= 15 is 0 Å². The molecule has 0 heterocycles. The largest absolute Gasteiger partial charge is 0.223 e. The Balaban J connectivity index is 2.89. The molecule has 1 aromatic rings. The number of rotatable bonds is 10. The van der Waals surface area contributed by atoms with Gasteiger partial charge in [-0.05, 0) is 31.0 Å². The van der Waals surface area contributed by atoms with E-state index in [0.717, 1.165) is 30.6 Å². The van der Waals surface area contributed by atoms with Crippen LogP contribution in [0.2, 0.25) is 25.7 Å². The lowest BCUT2D eigenvalue weighted by molar-refractivity contribution is 0.576. The molecule has 0 aromatic heterocycles. The molecule has 5 heteroatoms. The first-order chi connectivity index (χ1) is 10.8. The van der Waals surface area contributed by atoms with Gasteiger partial charge in [-0.3, -0.25) is 0 Å². The molecular formula is C18H29BrO2SSi. The first kappa shape index (κ1) is 20.7. The number of allylic oxidation sites excluding steroid dienone is 1. The quantitative estimate of drug-likeness (QED) is 0.212. The van der Waals surface area contributed by atoms with Gasteiger partial charge in [-0.25, -0.2) is 8.42 Å².